The smallest absolute Gasteiger partial charge is 0.0355 e. The van der Waals surface area contributed by atoms with Crippen LogP contribution in [-0.2, 0) is 6.42 Å². The summed E-state index contributed by atoms with van der Waals surface area (Å²) in [7, 11) is 0. The molecule has 0 aliphatic heterocycles. The van der Waals surface area contributed by atoms with Crippen LogP contribution in [0.4, 0.5) is 5.69 Å². The molecule has 0 saturated heterocycles. The van der Waals surface area contributed by atoms with Crippen LogP contribution in [0.2, 0.25) is 0 Å². The van der Waals surface area contributed by atoms with Crippen molar-refractivity contribution in [3.8, 4) is 0 Å². The van der Waals surface area contributed by atoms with E-state index >= 15 is 0 Å². The molecule has 0 spiro atoms. The fraction of sp³-hybridized carbons (Fsp3) is 0.385. The summed E-state index contributed by atoms with van der Waals surface area (Å²) in [5.74, 6) is 0.507. The van der Waals surface area contributed by atoms with Crippen molar-refractivity contribution in [3.05, 3.63) is 34.9 Å². The second-order valence-electron chi connectivity index (χ2n) is 4.24. The maximum atomic E-state index is 6.01. The van der Waals surface area contributed by atoms with Gasteiger partial charge in [-0.25, -0.2) is 0 Å². The summed E-state index contributed by atoms with van der Waals surface area (Å²) in [6.45, 7) is 4.41. The summed E-state index contributed by atoms with van der Waals surface area (Å²) in [5.41, 5.74) is 11.1. The van der Waals surface area contributed by atoms with Gasteiger partial charge in [-0.05, 0) is 41.5 Å². The molecule has 1 aromatic carbocycles. The molecule has 1 heteroatoms. The molecular formula is C13H17N. The summed E-state index contributed by atoms with van der Waals surface area (Å²) in [4.78, 5) is 0. The lowest BCUT2D eigenvalue weighted by Gasteiger charge is -2.19. The van der Waals surface area contributed by atoms with E-state index in [0.29, 0.717) is 5.92 Å². The fourth-order valence-corrected chi connectivity index (χ4v) is 2.20. The van der Waals surface area contributed by atoms with Crippen LogP contribution in [-0.4, -0.2) is 0 Å². The third-order valence-corrected chi connectivity index (χ3v) is 2.85. The molecule has 0 unspecified atom stereocenters. The van der Waals surface area contributed by atoms with Gasteiger partial charge in [-0.2, -0.15) is 0 Å². The van der Waals surface area contributed by atoms with Crippen LogP contribution in [0.15, 0.2) is 18.2 Å². The standard InChI is InChI=1S/C13H17N/c1-9(2)13-11-6-4-3-5-10(11)7-8-12(13)14/h4,6-9H,3,5,14H2,1-2H3. The van der Waals surface area contributed by atoms with Crippen molar-refractivity contribution >= 4 is 11.8 Å². The Morgan fingerprint density at radius 2 is 2.07 bits per heavy atom. The molecule has 0 bridgehead atoms. The molecule has 1 aliphatic carbocycles. The highest BCUT2D eigenvalue weighted by atomic mass is 14.6. The maximum absolute atomic E-state index is 6.01. The topological polar surface area (TPSA) is 26.0 Å². The lowest BCUT2D eigenvalue weighted by molar-refractivity contribution is 0.856. The molecule has 0 radical (unpaired) electrons. The summed E-state index contributed by atoms with van der Waals surface area (Å²) >= 11 is 0. The Morgan fingerprint density at radius 1 is 1.29 bits per heavy atom. The number of allylic oxidation sites excluding steroid dienone is 1. The first-order valence-corrected chi connectivity index (χ1v) is 5.28. The minimum atomic E-state index is 0.507. The Hall–Kier alpha value is -1.24. The van der Waals surface area contributed by atoms with Gasteiger partial charge >= 0.3 is 0 Å². The molecular weight excluding hydrogens is 170 g/mol. The number of hydrogen-bond donors (Lipinski definition) is 1. The van der Waals surface area contributed by atoms with Crippen molar-refractivity contribution < 1.29 is 0 Å². The van der Waals surface area contributed by atoms with Gasteiger partial charge in [-0.3, -0.25) is 0 Å². The average Bonchev–Trinajstić information content (AvgIpc) is 2.17. The van der Waals surface area contributed by atoms with Crippen LogP contribution >= 0.6 is 0 Å². The second-order valence-corrected chi connectivity index (χ2v) is 4.24. The predicted octanol–water partition coefficient (Wildman–Crippen LogP) is 3.35. The van der Waals surface area contributed by atoms with Gasteiger partial charge in [0.2, 0.25) is 0 Å². The fourth-order valence-electron chi connectivity index (χ4n) is 2.20. The zero-order valence-corrected chi connectivity index (χ0v) is 8.88. The molecule has 74 valence electrons. The molecule has 0 atom stereocenters. The molecule has 0 saturated carbocycles. The molecule has 0 fully saturated rings. The van der Waals surface area contributed by atoms with Crippen LogP contribution in [0.25, 0.3) is 6.08 Å². The third-order valence-electron chi connectivity index (χ3n) is 2.85. The summed E-state index contributed by atoms with van der Waals surface area (Å²) in [5, 5.41) is 0. The van der Waals surface area contributed by atoms with Crippen molar-refractivity contribution in [3.63, 3.8) is 0 Å². The normalized spacial score (nSPS) is 14.5. The van der Waals surface area contributed by atoms with E-state index in [-0.39, 0.29) is 0 Å². The van der Waals surface area contributed by atoms with Gasteiger partial charge in [0, 0.05) is 5.69 Å². The number of benzene rings is 1. The highest BCUT2D eigenvalue weighted by molar-refractivity contribution is 5.68. The second kappa shape index (κ2) is 3.49. The van der Waals surface area contributed by atoms with E-state index < -0.39 is 0 Å². The zero-order valence-electron chi connectivity index (χ0n) is 8.88. The first-order valence-electron chi connectivity index (χ1n) is 5.28. The van der Waals surface area contributed by atoms with E-state index in [4.69, 9.17) is 5.73 Å². The lowest BCUT2D eigenvalue weighted by Crippen LogP contribution is -2.04. The largest absolute Gasteiger partial charge is 0.398 e. The van der Waals surface area contributed by atoms with Crippen molar-refractivity contribution in [1.29, 1.82) is 0 Å². The van der Waals surface area contributed by atoms with E-state index in [0.717, 1.165) is 18.5 Å². The zero-order chi connectivity index (χ0) is 10.1. The third kappa shape index (κ3) is 1.43. The number of hydrogen-bond acceptors (Lipinski definition) is 1. The molecule has 2 N–H and O–H groups in total. The summed E-state index contributed by atoms with van der Waals surface area (Å²) in [6.07, 6.45) is 6.79. The van der Waals surface area contributed by atoms with Gasteiger partial charge < -0.3 is 5.73 Å². The van der Waals surface area contributed by atoms with Crippen LogP contribution < -0.4 is 5.73 Å². The van der Waals surface area contributed by atoms with Crippen molar-refractivity contribution in [2.45, 2.75) is 32.6 Å². The number of nitrogens with two attached hydrogens (primary N) is 1. The van der Waals surface area contributed by atoms with Crippen LogP contribution in [0.5, 0.6) is 0 Å². The van der Waals surface area contributed by atoms with Crippen LogP contribution in [0, 0.1) is 0 Å². The van der Waals surface area contributed by atoms with E-state index in [2.05, 4.69) is 32.1 Å². The maximum Gasteiger partial charge on any atom is 0.0355 e. The molecule has 1 aliphatic rings. The average molecular weight is 187 g/mol. The highest BCUT2D eigenvalue weighted by Crippen LogP contribution is 2.32. The lowest BCUT2D eigenvalue weighted by atomic mass is 9.87. The van der Waals surface area contributed by atoms with Gasteiger partial charge in [0.05, 0.1) is 0 Å². The quantitative estimate of drug-likeness (QED) is 0.670. The number of nitrogen functional groups attached to an aromatic ring is 1. The van der Waals surface area contributed by atoms with E-state index in [1.165, 1.54) is 16.7 Å². The van der Waals surface area contributed by atoms with Crippen LogP contribution in [0.1, 0.15) is 42.9 Å². The Morgan fingerprint density at radius 3 is 2.79 bits per heavy atom. The summed E-state index contributed by atoms with van der Waals surface area (Å²) in [6, 6.07) is 4.22. The number of aryl methyl sites for hydroxylation is 1. The van der Waals surface area contributed by atoms with Gasteiger partial charge in [-0.1, -0.05) is 32.1 Å². The predicted molar refractivity (Wildman–Crippen MR) is 62.3 cm³/mol. The van der Waals surface area contributed by atoms with Crippen LogP contribution in [0.3, 0.4) is 0 Å². The Bertz CT molecular complexity index is 375. The number of rotatable bonds is 1. The van der Waals surface area contributed by atoms with E-state index in [1.54, 1.807) is 0 Å². The Kier molecular flexibility index (Phi) is 2.32. The van der Waals surface area contributed by atoms with Gasteiger partial charge in [0.15, 0.2) is 0 Å². The van der Waals surface area contributed by atoms with Gasteiger partial charge in [0.1, 0.15) is 0 Å². The number of fused-ring (bicyclic) bond motifs is 1. The SMILES string of the molecule is CC(C)c1c(N)ccc2c1C=CCC2. The van der Waals surface area contributed by atoms with Gasteiger partial charge in [0.25, 0.3) is 0 Å². The first kappa shape index (κ1) is 9.32. The molecule has 0 heterocycles. The molecule has 2 rings (SSSR count). The first-order chi connectivity index (χ1) is 6.70. The summed E-state index contributed by atoms with van der Waals surface area (Å²) < 4.78 is 0. The van der Waals surface area contributed by atoms with E-state index in [1.807, 2.05) is 6.07 Å². The molecule has 1 aromatic rings. The van der Waals surface area contributed by atoms with Crippen molar-refractivity contribution in [1.82, 2.24) is 0 Å². The molecule has 14 heavy (non-hydrogen) atoms. The van der Waals surface area contributed by atoms with Gasteiger partial charge in [-0.15, -0.1) is 0 Å². The Balaban J connectivity index is 2.63. The number of anilines is 1. The highest BCUT2D eigenvalue weighted by Gasteiger charge is 2.14. The molecule has 0 aromatic heterocycles. The van der Waals surface area contributed by atoms with Crippen molar-refractivity contribution in [2.24, 2.45) is 0 Å². The molecule has 1 nitrogen and oxygen atoms in total. The Labute approximate surface area is 85.6 Å². The monoisotopic (exact) mass is 187 g/mol. The minimum Gasteiger partial charge on any atom is -0.398 e. The minimum absolute atomic E-state index is 0.507. The molecule has 0 amide bonds. The van der Waals surface area contributed by atoms with E-state index in [9.17, 15) is 0 Å². The van der Waals surface area contributed by atoms with Crippen molar-refractivity contribution in [2.75, 3.05) is 5.73 Å².